The van der Waals surface area contributed by atoms with Gasteiger partial charge in [0.1, 0.15) is 5.60 Å². The van der Waals surface area contributed by atoms with E-state index in [0.717, 1.165) is 6.42 Å². The van der Waals surface area contributed by atoms with E-state index in [1.807, 2.05) is 0 Å². The molecular weight excluding hydrogens is 374 g/mol. The molecule has 0 aromatic carbocycles. The normalized spacial score (nSPS) is 28.0. The molecule has 3 N–H and O–H groups in total. The molecule has 0 aromatic rings. The monoisotopic (exact) mass is 405 g/mol. The standard InChI is InChI=1S/C20H31N5O4/c1-20(2,3)29-19(28)24-8-7-22-18(21-4)23-9-10-25-16(26)14-12-5-6-13(11-12)15(14)17(25)27/h5-6,12-15H,7-11H2,1-4H3,(H,24,28)(H2,21,22,23). The predicted octanol–water partition coefficient (Wildman–Crippen LogP) is 0.483. The highest BCUT2D eigenvalue weighted by Crippen LogP contribution is 2.52. The van der Waals surface area contributed by atoms with Crippen molar-refractivity contribution in [3.8, 4) is 0 Å². The van der Waals surface area contributed by atoms with Crippen LogP contribution in [0.4, 0.5) is 4.79 Å². The predicted molar refractivity (Wildman–Crippen MR) is 108 cm³/mol. The van der Waals surface area contributed by atoms with Crippen molar-refractivity contribution in [1.82, 2.24) is 20.9 Å². The number of likely N-dealkylation sites (tertiary alicyclic amines) is 1. The summed E-state index contributed by atoms with van der Waals surface area (Å²) in [6, 6.07) is 0. The molecule has 1 saturated heterocycles. The third kappa shape index (κ3) is 4.71. The van der Waals surface area contributed by atoms with Crippen LogP contribution in [-0.2, 0) is 14.3 Å². The van der Waals surface area contributed by atoms with Gasteiger partial charge in [-0.2, -0.15) is 0 Å². The number of carbonyl (C=O) groups is 3. The number of rotatable bonds is 6. The molecule has 0 aromatic heterocycles. The minimum Gasteiger partial charge on any atom is -0.444 e. The Labute approximate surface area is 171 Å². The highest BCUT2D eigenvalue weighted by molar-refractivity contribution is 6.06. The van der Waals surface area contributed by atoms with Gasteiger partial charge in [-0.05, 0) is 39.0 Å². The van der Waals surface area contributed by atoms with E-state index < -0.39 is 11.7 Å². The summed E-state index contributed by atoms with van der Waals surface area (Å²) in [5.74, 6) is 0.601. The van der Waals surface area contributed by atoms with E-state index in [0.29, 0.717) is 32.1 Å². The number of amides is 3. The lowest BCUT2D eigenvalue weighted by molar-refractivity contribution is -0.140. The van der Waals surface area contributed by atoms with E-state index in [-0.39, 0.29) is 35.5 Å². The molecule has 2 aliphatic carbocycles. The number of imide groups is 1. The van der Waals surface area contributed by atoms with Gasteiger partial charge in [0.15, 0.2) is 5.96 Å². The summed E-state index contributed by atoms with van der Waals surface area (Å²) in [7, 11) is 1.64. The molecule has 9 heteroatoms. The van der Waals surface area contributed by atoms with Gasteiger partial charge in [-0.3, -0.25) is 19.5 Å². The molecule has 9 nitrogen and oxygen atoms in total. The summed E-state index contributed by atoms with van der Waals surface area (Å²) in [6.45, 7) is 6.99. The Morgan fingerprint density at radius 3 is 2.17 bits per heavy atom. The van der Waals surface area contributed by atoms with E-state index in [2.05, 4.69) is 33.1 Å². The lowest BCUT2D eigenvalue weighted by Crippen LogP contribution is -2.45. The van der Waals surface area contributed by atoms with Gasteiger partial charge in [-0.25, -0.2) is 4.79 Å². The molecule has 1 saturated carbocycles. The van der Waals surface area contributed by atoms with Crippen LogP contribution in [0.2, 0.25) is 0 Å². The zero-order chi connectivity index (χ0) is 21.2. The van der Waals surface area contributed by atoms with Crippen molar-refractivity contribution in [2.45, 2.75) is 32.8 Å². The van der Waals surface area contributed by atoms with Crippen molar-refractivity contribution >= 4 is 23.9 Å². The summed E-state index contributed by atoms with van der Waals surface area (Å²) in [6.07, 6.45) is 4.65. The molecule has 2 bridgehead atoms. The molecular formula is C20H31N5O4. The van der Waals surface area contributed by atoms with Crippen molar-refractivity contribution in [3.63, 3.8) is 0 Å². The van der Waals surface area contributed by atoms with Crippen molar-refractivity contribution < 1.29 is 19.1 Å². The average molecular weight is 405 g/mol. The first kappa shape index (κ1) is 21.1. The summed E-state index contributed by atoms with van der Waals surface area (Å²) >= 11 is 0. The lowest BCUT2D eigenvalue weighted by Gasteiger charge is -2.20. The molecule has 3 rings (SSSR count). The minimum absolute atomic E-state index is 0.0387. The Bertz CT molecular complexity index is 697. The molecule has 2 fully saturated rings. The first-order valence-electron chi connectivity index (χ1n) is 10.2. The van der Waals surface area contributed by atoms with Gasteiger partial charge < -0.3 is 20.7 Å². The fourth-order valence-corrected chi connectivity index (χ4v) is 4.35. The van der Waals surface area contributed by atoms with Crippen LogP contribution >= 0.6 is 0 Å². The summed E-state index contributed by atoms with van der Waals surface area (Å²) in [5.41, 5.74) is -0.534. The van der Waals surface area contributed by atoms with Gasteiger partial charge >= 0.3 is 6.09 Å². The van der Waals surface area contributed by atoms with Crippen molar-refractivity contribution in [2.75, 3.05) is 33.2 Å². The quantitative estimate of drug-likeness (QED) is 0.195. The maximum Gasteiger partial charge on any atom is 0.407 e. The van der Waals surface area contributed by atoms with Crippen LogP contribution in [0.3, 0.4) is 0 Å². The zero-order valence-electron chi connectivity index (χ0n) is 17.5. The molecule has 3 amide bonds. The van der Waals surface area contributed by atoms with Gasteiger partial charge in [-0.1, -0.05) is 12.2 Å². The van der Waals surface area contributed by atoms with Gasteiger partial charge in [0.05, 0.1) is 11.8 Å². The van der Waals surface area contributed by atoms with Gasteiger partial charge in [0.2, 0.25) is 11.8 Å². The second-order valence-electron chi connectivity index (χ2n) is 8.68. The van der Waals surface area contributed by atoms with E-state index in [1.54, 1.807) is 27.8 Å². The number of aliphatic imine (C=N–C) groups is 1. The van der Waals surface area contributed by atoms with E-state index >= 15 is 0 Å². The van der Waals surface area contributed by atoms with Crippen LogP contribution < -0.4 is 16.0 Å². The Hall–Kier alpha value is -2.58. The second kappa shape index (κ2) is 8.42. The zero-order valence-corrected chi connectivity index (χ0v) is 17.5. The van der Waals surface area contributed by atoms with Gasteiger partial charge in [0, 0.05) is 33.2 Å². The molecule has 0 spiro atoms. The maximum absolute atomic E-state index is 12.7. The van der Waals surface area contributed by atoms with Crippen LogP contribution in [0, 0.1) is 23.7 Å². The number of guanidine groups is 1. The summed E-state index contributed by atoms with van der Waals surface area (Å²) in [5, 5.41) is 8.83. The third-order valence-electron chi connectivity index (χ3n) is 5.50. The summed E-state index contributed by atoms with van der Waals surface area (Å²) < 4.78 is 5.17. The Balaban J connectivity index is 1.36. The summed E-state index contributed by atoms with van der Waals surface area (Å²) in [4.78, 5) is 42.4. The van der Waals surface area contributed by atoms with E-state index in [9.17, 15) is 14.4 Å². The highest BCUT2D eigenvalue weighted by Gasteiger charge is 2.58. The highest BCUT2D eigenvalue weighted by atomic mass is 16.6. The minimum atomic E-state index is -0.534. The number of nitrogens with one attached hydrogen (secondary N) is 3. The van der Waals surface area contributed by atoms with Crippen LogP contribution in [0.15, 0.2) is 17.1 Å². The molecule has 4 atom stereocenters. The first-order chi connectivity index (χ1) is 13.7. The molecule has 4 unspecified atom stereocenters. The van der Waals surface area contributed by atoms with Crippen LogP contribution in [-0.4, -0.2) is 67.6 Å². The van der Waals surface area contributed by atoms with Gasteiger partial charge in [-0.15, -0.1) is 0 Å². The van der Waals surface area contributed by atoms with Crippen molar-refractivity contribution in [3.05, 3.63) is 12.2 Å². The largest absolute Gasteiger partial charge is 0.444 e. The second-order valence-corrected chi connectivity index (χ2v) is 8.68. The van der Waals surface area contributed by atoms with Crippen LogP contribution in [0.1, 0.15) is 27.2 Å². The average Bonchev–Trinajstić information content (AvgIpc) is 3.31. The van der Waals surface area contributed by atoms with Crippen molar-refractivity contribution in [2.24, 2.45) is 28.7 Å². The van der Waals surface area contributed by atoms with E-state index in [4.69, 9.17) is 4.74 Å². The fraction of sp³-hybridized carbons (Fsp3) is 0.700. The number of hydrogen-bond acceptors (Lipinski definition) is 5. The maximum atomic E-state index is 12.7. The Kier molecular flexibility index (Phi) is 6.14. The SMILES string of the molecule is CN=C(NCCNC(=O)OC(C)(C)C)NCCN1C(=O)C2C3C=CC(C3)C2C1=O. The fourth-order valence-electron chi connectivity index (χ4n) is 4.35. The molecule has 160 valence electrons. The topological polar surface area (TPSA) is 112 Å². The van der Waals surface area contributed by atoms with Crippen LogP contribution in [0.5, 0.6) is 0 Å². The molecule has 3 aliphatic rings. The molecule has 1 heterocycles. The number of nitrogens with zero attached hydrogens (tertiary/aromatic N) is 2. The number of ether oxygens (including phenoxy) is 1. The van der Waals surface area contributed by atoms with E-state index in [1.165, 1.54) is 4.90 Å². The number of alkyl carbamates (subject to hydrolysis) is 1. The number of fused-ring (bicyclic) bond motifs is 5. The third-order valence-corrected chi connectivity index (χ3v) is 5.50. The lowest BCUT2D eigenvalue weighted by atomic mass is 9.85. The van der Waals surface area contributed by atoms with Gasteiger partial charge in [0.25, 0.3) is 0 Å². The van der Waals surface area contributed by atoms with Crippen molar-refractivity contribution in [1.29, 1.82) is 0 Å². The number of carbonyl (C=O) groups excluding carboxylic acids is 3. The smallest absolute Gasteiger partial charge is 0.407 e. The molecule has 1 aliphatic heterocycles. The first-order valence-corrected chi connectivity index (χ1v) is 10.2. The molecule has 0 radical (unpaired) electrons. The molecule has 29 heavy (non-hydrogen) atoms. The Morgan fingerprint density at radius 2 is 1.62 bits per heavy atom. The number of allylic oxidation sites excluding steroid dienone is 2. The number of hydrogen-bond donors (Lipinski definition) is 3. The Morgan fingerprint density at radius 1 is 1.07 bits per heavy atom. The van der Waals surface area contributed by atoms with Crippen LogP contribution in [0.25, 0.3) is 0 Å².